The molecule has 8 nitrogen and oxygen atoms in total. The zero-order valence-electron chi connectivity index (χ0n) is 22.0. The van der Waals surface area contributed by atoms with Gasteiger partial charge in [0.05, 0.1) is 12.7 Å². The monoisotopic (exact) mass is 541 g/mol. The molecule has 1 saturated carbocycles. The van der Waals surface area contributed by atoms with Gasteiger partial charge in [0.25, 0.3) is 0 Å². The highest BCUT2D eigenvalue weighted by Gasteiger charge is 2.52. The summed E-state index contributed by atoms with van der Waals surface area (Å²) in [5.74, 6) is -1.35. The topological polar surface area (TPSA) is 109 Å². The van der Waals surface area contributed by atoms with E-state index in [0.717, 1.165) is 19.3 Å². The average molecular weight is 542 g/mol. The fraction of sp³-hybridized carbons (Fsp3) is 0.500. The standard InChI is InChI=1S/C28H32FN3O5S/c1-5-36-26(34)23-13-19(15-38-23)16-6-7-17(22(29)12-16)10-20(14-30)31-25(33)24-18-8-9-21(11-18)32(24)27(35)37-28(2,3)4/h6-7,12-13,15,18,20-21,24H,5,8-11H2,1-4H3,(H,31,33)/t18-,20-,21+,24-/m0/s1. The quantitative estimate of drug-likeness (QED) is 0.491. The first kappa shape index (κ1) is 27.6. The van der Waals surface area contributed by atoms with Crippen molar-refractivity contribution in [3.05, 3.63) is 45.9 Å². The van der Waals surface area contributed by atoms with Gasteiger partial charge in [0, 0.05) is 12.5 Å². The zero-order chi connectivity index (χ0) is 27.6. The van der Waals surface area contributed by atoms with Gasteiger partial charge in [0.1, 0.15) is 28.4 Å². The van der Waals surface area contributed by atoms with Crippen molar-refractivity contribution in [2.24, 2.45) is 5.92 Å². The van der Waals surface area contributed by atoms with Crippen LogP contribution < -0.4 is 5.32 Å². The van der Waals surface area contributed by atoms with Crippen molar-refractivity contribution in [1.82, 2.24) is 10.2 Å². The van der Waals surface area contributed by atoms with E-state index in [1.807, 2.05) is 6.07 Å². The van der Waals surface area contributed by atoms with Crippen molar-refractivity contribution in [1.29, 1.82) is 5.26 Å². The van der Waals surface area contributed by atoms with Gasteiger partial charge in [0.15, 0.2) is 0 Å². The maximum atomic E-state index is 15.0. The minimum atomic E-state index is -0.973. The number of benzene rings is 1. The summed E-state index contributed by atoms with van der Waals surface area (Å²) in [6.45, 7) is 7.33. The smallest absolute Gasteiger partial charge is 0.411 e. The summed E-state index contributed by atoms with van der Waals surface area (Å²) in [6, 6.07) is 6.60. The number of carbonyl (C=O) groups is 3. The number of thiophene rings is 1. The molecular weight excluding hydrogens is 509 g/mol. The van der Waals surface area contributed by atoms with Crippen LogP contribution in [0.4, 0.5) is 9.18 Å². The van der Waals surface area contributed by atoms with E-state index in [-0.39, 0.29) is 30.6 Å². The van der Waals surface area contributed by atoms with E-state index in [1.54, 1.807) is 51.3 Å². The van der Waals surface area contributed by atoms with Crippen molar-refractivity contribution in [3.63, 3.8) is 0 Å². The van der Waals surface area contributed by atoms with Crippen molar-refractivity contribution >= 4 is 29.3 Å². The van der Waals surface area contributed by atoms with Crippen LogP contribution in [0.1, 0.15) is 62.2 Å². The number of carbonyl (C=O) groups excluding carboxylic acids is 3. The van der Waals surface area contributed by atoms with Gasteiger partial charge in [-0.3, -0.25) is 9.69 Å². The first-order valence-electron chi connectivity index (χ1n) is 12.8. The third kappa shape index (κ3) is 5.99. The van der Waals surface area contributed by atoms with Crippen LogP contribution in [0, 0.1) is 23.1 Å². The largest absolute Gasteiger partial charge is 0.462 e. The fourth-order valence-electron chi connectivity index (χ4n) is 5.20. The van der Waals surface area contributed by atoms with Crippen molar-refractivity contribution < 1.29 is 28.2 Å². The number of rotatable bonds is 7. The Hall–Kier alpha value is -3.45. The van der Waals surface area contributed by atoms with Gasteiger partial charge >= 0.3 is 12.1 Å². The molecule has 38 heavy (non-hydrogen) atoms. The molecule has 2 aliphatic rings. The molecule has 2 heterocycles. The van der Waals surface area contributed by atoms with Gasteiger partial charge < -0.3 is 14.8 Å². The molecule has 1 aliphatic carbocycles. The summed E-state index contributed by atoms with van der Waals surface area (Å²) < 4.78 is 25.6. The minimum absolute atomic E-state index is 0.00740. The fourth-order valence-corrected chi connectivity index (χ4v) is 6.01. The Morgan fingerprint density at radius 2 is 2.00 bits per heavy atom. The maximum absolute atomic E-state index is 15.0. The van der Waals surface area contributed by atoms with E-state index < -0.39 is 41.5 Å². The number of esters is 1. The van der Waals surface area contributed by atoms with Crippen LogP contribution in [0.15, 0.2) is 29.6 Å². The van der Waals surface area contributed by atoms with Gasteiger partial charge in [-0.15, -0.1) is 11.3 Å². The zero-order valence-corrected chi connectivity index (χ0v) is 22.8. The van der Waals surface area contributed by atoms with Crippen LogP contribution in [0.2, 0.25) is 0 Å². The van der Waals surface area contributed by atoms with Gasteiger partial charge in [0.2, 0.25) is 5.91 Å². The van der Waals surface area contributed by atoms with Crippen molar-refractivity contribution in [2.75, 3.05) is 6.61 Å². The Morgan fingerprint density at radius 3 is 2.66 bits per heavy atom. The molecule has 2 fully saturated rings. The summed E-state index contributed by atoms with van der Waals surface area (Å²) in [4.78, 5) is 40.0. The number of hydrogen-bond acceptors (Lipinski definition) is 7. The van der Waals surface area contributed by atoms with Crippen molar-refractivity contribution in [3.8, 4) is 17.2 Å². The summed E-state index contributed by atoms with van der Waals surface area (Å²) in [5, 5.41) is 14.2. The molecule has 1 aliphatic heterocycles. The number of nitriles is 1. The van der Waals surface area contributed by atoms with E-state index in [1.165, 1.54) is 22.3 Å². The number of fused-ring (bicyclic) bond motifs is 2. The lowest BCUT2D eigenvalue weighted by atomic mass is 9.97. The normalized spacial score (nSPS) is 21.1. The Bertz CT molecular complexity index is 1260. The highest BCUT2D eigenvalue weighted by Crippen LogP contribution is 2.43. The molecule has 0 spiro atoms. The number of ether oxygens (including phenoxy) is 2. The predicted molar refractivity (Wildman–Crippen MR) is 140 cm³/mol. The lowest BCUT2D eigenvalue weighted by Gasteiger charge is -2.35. The summed E-state index contributed by atoms with van der Waals surface area (Å²) >= 11 is 1.22. The molecule has 4 atom stereocenters. The molecule has 2 amide bonds. The number of likely N-dealkylation sites (tertiary alicyclic amines) is 1. The Balaban J connectivity index is 1.44. The number of piperidine rings is 1. The first-order chi connectivity index (χ1) is 18.0. The molecule has 10 heteroatoms. The third-order valence-electron chi connectivity index (χ3n) is 6.82. The van der Waals surface area contributed by atoms with E-state index in [0.29, 0.717) is 16.0 Å². The maximum Gasteiger partial charge on any atom is 0.411 e. The van der Waals surface area contributed by atoms with Crippen LogP contribution >= 0.6 is 11.3 Å². The SMILES string of the molecule is CCOC(=O)c1cc(-c2ccc(C[C@@H](C#N)NC(=O)[C@@H]3[C@H]4CC[C@H](C4)N3C(=O)OC(C)(C)C)c(F)c2)cs1. The lowest BCUT2D eigenvalue weighted by Crippen LogP contribution is -2.55. The van der Waals surface area contributed by atoms with Gasteiger partial charge in [-0.05, 0) is 87.1 Å². The third-order valence-corrected chi connectivity index (χ3v) is 7.73. The molecule has 1 aromatic carbocycles. The van der Waals surface area contributed by atoms with E-state index in [2.05, 4.69) is 5.32 Å². The molecule has 0 radical (unpaired) electrons. The second-order valence-electron chi connectivity index (χ2n) is 10.7. The molecule has 2 bridgehead atoms. The molecule has 202 valence electrons. The highest BCUT2D eigenvalue weighted by atomic mass is 32.1. The van der Waals surface area contributed by atoms with E-state index in [4.69, 9.17) is 9.47 Å². The lowest BCUT2D eigenvalue weighted by molar-refractivity contribution is -0.128. The summed E-state index contributed by atoms with van der Waals surface area (Å²) in [7, 11) is 0. The molecule has 4 rings (SSSR count). The van der Waals surface area contributed by atoms with E-state index in [9.17, 15) is 19.6 Å². The number of nitrogens with zero attached hydrogens (tertiary/aromatic N) is 2. The van der Waals surface area contributed by atoms with Crippen LogP contribution in [-0.2, 0) is 20.7 Å². The summed E-state index contributed by atoms with van der Waals surface area (Å²) in [6.07, 6.45) is 1.82. The molecule has 1 aromatic heterocycles. The molecule has 2 aromatic rings. The number of nitrogens with one attached hydrogen (secondary N) is 1. The molecule has 1 N–H and O–H groups in total. The predicted octanol–water partition coefficient (Wildman–Crippen LogP) is 5.07. The van der Waals surface area contributed by atoms with Crippen LogP contribution in [0.3, 0.4) is 0 Å². The number of amides is 2. The Morgan fingerprint density at radius 1 is 1.24 bits per heavy atom. The minimum Gasteiger partial charge on any atom is -0.462 e. The molecule has 0 unspecified atom stereocenters. The summed E-state index contributed by atoms with van der Waals surface area (Å²) in [5.41, 5.74) is 0.860. The molecular formula is C28H32FN3O5S. The van der Waals surface area contributed by atoms with Crippen LogP contribution in [0.5, 0.6) is 0 Å². The van der Waals surface area contributed by atoms with Gasteiger partial charge in [-0.1, -0.05) is 12.1 Å². The number of halogens is 1. The van der Waals surface area contributed by atoms with Crippen LogP contribution in [0.25, 0.3) is 11.1 Å². The number of hydrogen-bond donors (Lipinski definition) is 1. The van der Waals surface area contributed by atoms with E-state index >= 15 is 4.39 Å². The average Bonchev–Trinajstić information content (AvgIpc) is 3.60. The Labute approximate surface area is 225 Å². The second-order valence-corrected chi connectivity index (χ2v) is 11.6. The van der Waals surface area contributed by atoms with Crippen molar-refractivity contribution in [2.45, 2.75) is 77.1 Å². The van der Waals surface area contributed by atoms with Gasteiger partial charge in [-0.25, -0.2) is 14.0 Å². The van der Waals surface area contributed by atoms with Crippen LogP contribution in [-0.4, -0.2) is 53.2 Å². The first-order valence-corrected chi connectivity index (χ1v) is 13.6. The Kier molecular flexibility index (Phi) is 8.07. The second kappa shape index (κ2) is 11.1. The van der Waals surface area contributed by atoms with Gasteiger partial charge in [-0.2, -0.15) is 5.26 Å². The molecule has 1 saturated heterocycles. The highest BCUT2D eigenvalue weighted by molar-refractivity contribution is 7.12.